The predicted molar refractivity (Wildman–Crippen MR) is 90.0 cm³/mol. The Bertz CT molecular complexity index is 941. The van der Waals surface area contributed by atoms with E-state index in [9.17, 15) is 9.59 Å². The van der Waals surface area contributed by atoms with Crippen LogP contribution in [-0.2, 0) is 18.4 Å². The molecule has 24 heavy (non-hydrogen) atoms. The largest absolute Gasteiger partial charge is 0.363 e. The number of carbonyl (C=O) groups excluding carboxylic acids is 1. The summed E-state index contributed by atoms with van der Waals surface area (Å²) >= 11 is 0. The van der Waals surface area contributed by atoms with Crippen molar-refractivity contribution in [3.63, 3.8) is 0 Å². The number of nitrogens with one attached hydrogen (secondary N) is 1. The number of nitrogens with zero attached hydrogens (tertiary/aromatic N) is 6. The minimum Gasteiger partial charge on any atom is -0.363 e. The third-order valence-corrected chi connectivity index (χ3v) is 3.52. The van der Waals surface area contributed by atoms with Gasteiger partial charge in [-0.15, -0.1) is 0 Å². The highest BCUT2D eigenvalue weighted by Crippen LogP contribution is 2.11. The van der Waals surface area contributed by atoms with Gasteiger partial charge in [0.2, 0.25) is 5.91 Å². The summed E-state index contributed by atoms with van der Waals surface area (Å²) in [7, 11) is 5.47. The van der Waals surface area contributed by atoms with Crippen LogP contribution in [0.4, 0.5) is 11.5 Å². The van der Waals surface area contributed by atoms with Gasteiger partial charge in [0.05, 0.1) is 18.1 Å². The van der Waals surface area contributed by atoms with Gasteiger partial charge in [-0.1, -0.05) is 0 Å². The Hall–Kier alpha value is -3.23. The molecular formula is C15H17N7O2. The minimum absolute atomic E-state index is 0.133. The topological polar surface area (TPSA) is 97.9 Å². The molecule has 3 rings (SSSR count). The number of fused-ring (bicyclic) bond motifs is 1. The monoisotopic (exact) mass is 327 g/mol. The third kappa shape index (κ3) is 2.96. The van der Waals surface area contributed by atoms with E-state index in [4.69, 9.17) is 0 Å². The number of anilines is 2. The summed E-state index contributed by atoms with van der Waals surface area (Å²) in [6.07, 6.45) is 4.36. The van der Waals surface area contributed by atoms with Crippen molar-refractivity contribution in [2.75, 3.05) is 24.3 Å². The average Bonchev–Trinajstić information content (AvgIpc) is 2.92. The number of carbonyl (C=O) groups is 1. The van der Waals surface area contributed by atoms with Crippen molar-refractivity contribution in [3.05, 3.63) is 41.2 Å². The van der Waals surface area contributed by atoms with Gasteiger partial charge in [-0.3, -0.25) is 18.8 Å². The Labute approximate surface area is 137 Å². The van der Waals surface area contributed by atoms with E-state index < -0.39 is 0 Å². The fourth-order valence-corrected chi connectivity index (χ4v) is 2.26. The van der Waals surface area contributed by atoms with Crippen molar-refractivity contribution in [1.29, 1.82) is 0 Å². The SMILES string of the molecule is CN(C)c1ccc(NC(=O)Cn2cnc3c(cnn3C)c2=O)cn1. The van der Waals surface area contributed by atoms with Gasteiger partial charge in [0.1, 0.15) is 24.1 Å². The fourth-order valence-electron chi connectivity index (χ4n) is 2.26. The summed E-state index contributed by atoms with van der Waals surface area (Å²) in [5.41, 5.74) is 0.749. The quantitative estimate of drug-likeness (QED) is 0.736. The molecule has 3 heterocycles. The van der Waals surface area contributed by atoms with Crippen LogP contribution >= 0.6 is 0 Å². The Balaban J connectivity index is 1.75. The molecule has 124 valence electrons. The number of hydrogen-bond donors (Lipinski definition) is 1. The molecule has 0 aliphatic heterocycles. The summed E-state index contributed by atoms with van der Waals surface area (Å²) < 4.78 is 2.76. The van der Waals surface area contributed by atoms with Crippen LogP contribution in [0.1, 0.15) is 0 Å². The Morgan fingerprint density at radius 3 is 2.71 bits per heavy atom. The minimum atomic E-state index is -0.332. The molecule has 0 aromatic carbocycles. The van der Waals surface area contributed by atoms with Crippen molar-refractivity contribution in [3.8, 4) is 0 Å². The van der Waals surface area contributed by atoms with Gasteiger partial charge < -0.3 is 10.2 Å². The van der Waals surface area contributed by atoms with Crippen LogP contribution in [0.5, 0.6) is 0 Å². The molecule has 0 unspecified atom stereocenters. The standard InChI is InChI=1S/C15H17N7O2/c1-20(2)12-5-4-10(6-16-12)19-13(23)8-22-9-17-14-11(15(22)24)7-18-21(14)3/h4-7,9H,8H2,1-3H3,(H,19,23). The predicted octanol–water partition coefficient (Wildman–Crippen LogP) is 0.230. The number of hydrogen-bond acceptors (Lipinski definition) is 6. The lowest BCUT2D eigenvalue weighted by Crippen LogP contribution is -2.27. The zero-order chi connectivity index (χ0) is 17.3. The fraction of sp³-hybridized carbons (Fsp3) is 0.267. The highest BCUT2D eigenvalue weighted by molar-refractivity contribution is 5.90. The van der Waals surface area contributed by atoms with E-state index >= 15 is 0 Å². The van der Waals surface area contributed by atoms with Crippen molar-refractivity contribution < 1.29 is 4.79 Å². The van der Waals surface area contributed by atoms with E-state index in [2.05, 4.69) is 20.4 Å². The first kappa shape index (κ1) is 15.7. The molecule has 1 amide bonds. The zero-order valence-electron chi connectivity index (χ0n) is 13.6. The van der Waals surface area contributed by atoms with E-state index in [0.29, 0.717) is 16.7 Å². The van der Waals surface area contributed by atoms with Crippen molar-refractivity contribution in [2.45, 2.75) is 6.54 Å². The van der Waals surface area contributed by atoms with E-state index in [1.165, 1.54) is 21.8 Å². The molecule has 0 atom stereocenters. The summed E-state index contributed by atoms with van der Waals surface area (Å²) in [4.78, 5) is 34.7. The molecular weight excluding hydrogens is 310 g/mol. The van der Waals surface area contributed by atoms with Crippen LogP contribution in [-0.4, -0.2) is 44.3 Å². The second-order valence-electron chi connectivity index (χ2n) is 5.53. The number of pyridine rings is 1. The molecule has 0 radical (unpaired) electrons. The first-order valence-electron chi connectivity index (χ1n) is 7.26. The van der Waals surface area contributed by atoms with E-state index in [1.807, 2.05) is 19.0 Å². The maximum atomic E-state index is 12.3. The average molecular weight is 327 g/mol. The Kier molecular flexibility index (Phi) is 3.98. The molecule has 0 spiro atoms. The number of aromatic nitrogens is 5. The lowest BCUT2D eigenvalue weighted by atomic mass is 10.3. The molecule has 3 aromatic heterocycles. The molecule has 0 aliphatic rings. The molecule has 9 heteroatoms. The second kappa shape index (κ2) is 6.11. The molecule has 0 bridgehead atoms. The smallest absolute Gasteiger partial charge is 0.264 e. The van der Waals surface area contributed by atoms with Crippen molar-refractivity contribution in [2.24, 2.45) is 7.05 Å². The van der Waals surface area contributed by atoms with Gasteiger partial charge in [-0.25, -0.2) is 9.97 Å². The highest BCUT2D eigenvalue weighted by atomic mass is 16.2. The molecule has 0 aliphatic carbocycles. The van der Waals surface area contributed by atoms with Crippen LogP contribution in [0, 0.1) is 0 Å². The summed E-state index contributed by atoms with van der Waals surface area (Å²) in [5, 5.41) is 7.08. The number of amides is 1. The Morgan fingerprint density at radius 1 is 1.25 bits per heavy atom. The van der Waals surface area contributed by atoms with Gasteiger partial charge >= 0.3 is 0 Å². The van der Waals surface area contributed by atoms with Gasteiger partial charge in [0.15, 0.2) is 5.65 Å². The molecule has 1 N–H and O–H groups in total. The number of aryl methyl sites for hydroxylation is 1. The van der Waals surface area contributed by atoms with Crippen LogP contribution in [0.3, 0.4) is 0 Å². The van der Waals surface area contributed by atoms with Crippen LogP contribution in [0.25, 0.3) is 11.0 Å². The maximum absolute atomic E-state index is 12.3. The molecule has 3 aromatic rings. The highest BCUT2D eigenvalue weighted by Gasteiger charge is 2.11. The maximum Gasteiger partial charge on any atom is 0.264 e. The molecule has 0 saturated carbocycles. The third-order valence-electron chi connectivity index (χ3n) is 3.52. The molecule has 0 saturated heterocycles. The number of rotatable bonds is 4. The van der Waals surface area contributed by atoms with Gasteiger partial charge in [-0.2, -0.15) is 5.10 Å². The van der Waals surface area contributed by atoms with Crippen LogP contribution < -0.4 is 15.8 Å². The summed E-state index contributed by atoms with van der Waals surface area (Å²) in [6, 6.07) is 3.55. The van der Waals surface area contributed by atoms with E-state index in [0.717, 1.165) is 5.82 Å². The van der Waals surface area contributed by atoms with Gasteiger partial charge in [0.25, 0.3) is 5.56 Å². The van der Waals surface area contributed by atoms with Gasteiger partial charge in [-0.05, 0) is 12.1 Å². The summed E-state index contributed by atoms with van der Waals surface area (Å²) in [5.74, 6) is 0.456. The second-order valence-corrected chi connectivity index (χ2v) is 5.53. The van der Waals surface area contributed by atoms with E-state index in [-0.39, 0.29) is 18.0 Å². The first-order valence-corrected chi connectivity index (χ1v) is 7.26. The van der Waals surface area contributed by atoms with Crippen molar-refractivity contribution >= 4 is 28.4 Å². The molecule has 9 nitrogen and oxygen atoms in total. The van der Waals surface area contributed by atoms with Crippen LogP contribution in [0.2, 0.25) is 0 Å². The first-order chi connectivity index (χ1) is 11.5. The lowest BCUT2D eigenvalue weighted by molar-refractivity contribution is -0.116. The van der Waals surface area contributed by atoms with E-state index in [1.54, 1.807) is 25.4 Å². The van der Waals surface area contributed by atoms with Gasteiger partial charge in [0, 0.05) is 21.1 Å². The zero-order valence-corrected chi connectivity index (χ0v) is 13.6. The molecule has 0 fully saturated rings. The Morgan fingerprint density at radius 2 is 2.04 bits per heavy atom. The van der Waals surface area contributed by atoms with Crippen LogP contribution in [0.15, 0.2) is 35.6 Å². The lowest BCUT2D eigenvalue weighted by Gasteiger charge is -2.12. The van der Waals surface area contributed by atoms with Crippen molar-refractivity contribution in [1.82, 2.24) is 24.3 Å². The normalized spacial score (nSPS) is 10.8. The summed E-state index contributed by atoms with van der Waals surface area (Å²) in [6.45, 7) is -0.133.